The van der Waals surface area contributed by atoms with Crippen molar-refractivity contribution in [3.05, 3.63) is 36.0 Å². The van der Waals surface area contributed by atoms with Crippen LogP contribution in [0.4, 0.5) is 0 Å². The van der Waals surface area contributed by atoms with E-state index in [4.69, 9.17) is 18.6 Å². The minimum atomic E-state index is -1.19. The van der Waals surface area contributed by atoms with Crippen molar-refractivity contribution < 1.29 is 43.2 Å². The van der Waals surface area contributed by atoms with E-state index in [1.54, 1.807) is 26.8 Å². The third kappa shape index (κ3) is 2.34. The zero-order valence-electron chi connectivity index (χ0n) is 19.4. The smallest absolute Gasteiger partial charge is 0.339 e. The summed E-state index contributed by atoms with van der Waals surface area (Å²) < 4.78 is 22.7. The molecule has 1 aromatic heterocycles. The zero-order chi connectivity index (χ0) is 24.4. The summed E-state index contributed by atoms with van der Waals surface area (Å²) in [5, 5.41) is 22.8. The van der Waals surface area contributed by atoms with Gasteiger partial charge in [0.05, 0.1) is 30.6 Å². The molecule has 4 fully saturated rings. The number of ether oxygens (including phenoxy) is 3. The topological polar surface area (TPSA) is 136 Å². The van der Waals surface area contributed by atoms with E-state index in [2.05, 4.69) is 0 Å². The van der Waals surface area contributed by atoms with Crippen LogP contribution >= 0.6 is 0 Å². The van der Waals surface area contributed by atoms with Gasteiger partial charge in [0.25, 0.3) is 0 Å². The third-order valence-electron chi connectivity index (χ3n) is 9.46. The molecule has 0 amide bonds. The van der Waals surface area contributed by atoms with E-state index in [1.165, 1.54) is 12.5 Å². The summed E-state index contributed by atoms with van der Waals surface area (Å²) in [7, 11) is 0. The fraction of sp³-hybridized carbons (Fsp3) is 0.640. The molecule has 9 nitrogen and oxygen atoms in total. The van der Waals surface area contributed by atoms with Crippen LogP contribution in [0.15, 0.2) is 34.8 Å². The number of esters is 2. The summed E-state index contributed by atoms with van der Waals surface area (Å²) in [6.45, 7) is 7.08. The summed E-state index contributed by atoms with van der Waals surface area (Å²) in [5.41, 5.74) is -3.71. The van der Waals surface area contributed by atoms with Crippen molar-refractivity contribution in [2.24, 2.45) is 28.6 Å². The molecular formula is C25H28O9. The molecule has 3 aliphatic heterocycles. The summed E-state index contributed by atoms with van der Waals surface area (Å²) in [6, 6.07) is 1.70. The molecule has 2 N–H and O–H groups in total. The van der Waals surface area contributed by atoms with Gasteiger partial charge in [0.15, 0.2) is 6.10 Å². The average Bonchev–Trinajstić information content (AvgIpc) is 3.29. The molecule has 9 atom stereocenters. The van der Waals surface area contributed by atoms with Crippen molar-refractivity contribution in [3.63, 3.8) is 0 Å². The van der Waals surface area contributed by atoms with Crippen molar-refractivity contribution in [1.82, 2.24) is 0 Å². The van der Waals surface area contributed by atoms with Gasteiger partial charge in [-0.2, -0.15) is 0 Å². The summed E-state index contributed by atoms with van der Waals surface area (Å²) in [4.78, 5) is 39.2. The number of hydrogen-bond acceptors (Lipinski definition) is 9. The minimum absolute atomic E-state index is 0.00189. The number of carbonyl (C=O) groups is 3. The standard InChI is InChI=1S/C25H28O9/c1-22(2)14-7-12(26)18-17(24(14,4)15(28)8-16(29)33-22)13(27)9-23(3)19(11-5-6-31-10-11)32-21(30)20-25(18,23)34-20/h5-6,8,10,13-14,17-20,27-28H,7,9H2,1-4H3. The van der Waals surface area contributed by atoms with Crippen molar-refractivity contribution >= 4 is 17.7 Å². The van der Waals surface area contributed by atoms with Crippen molar-refractivity contribution in [2.45, 2.75) is 70.1 Å². The van der Waals surface area contributed by atoms with E-state index in [0.29, 0.717) is 5.56 Å². The van der Waals surface area contributed by atoms with Gasteiger partial charge >= 0.3 is 11.9 Å². The predicted molar refractivity (Wildman–Crippen MR) is 113 cm³/mol. The lowest BCUT2D eigenvalue weighted by Crippen LogP contribution is -2.69. The van der Waals surface area contributed by atoms with Crippen LogP contribution in [0.5, 0.6) is 0 Å². The molecule has 6 rings (SSSR count). The van der Waals surface area contributed by atoms with Gasteiger partial charge in [-0.25, -0.2) is 9.59 Å². The normalized spacial score (nSPS) is 48.7. The van der Waals surface area contributed by atoms with Gasteiger partial charge in [0.1, 0.15) is 28.8 Å². The number of allylic oxidation sites excluding steroid dienone is 1. The maximum absolute atomic E-state index is 13.9. The number of aliphatic hydroxyl groups is 2. The molecule has 4 heterocycles. The van der Waals surface area contributed by atoms with E-state index < -0.39 is 70.0 Å². The first-order chi connectivity index (χ1) is 15.9. The fourth-order valence-electron chi connectivity index (χ4n) is 8.00. The molecule has 1 spiro atoms. The molecule has 0 bridgehead atoms. The van der Waals surface area contributed by atoms with E-state index in [0.717, 1.165) is 6.08 Å². The Morgan fingerprint density at radius 1 is 1.09 bits per heavy atom. The average molecular weight is 472 g/mol. The number of fused-ring (bicyclic) bond motifs is 3. The number of carbonyl (C=O) groups excluding carboxylic acids is 3. The number of Topliss-reactive ketones (excluding diaryl/α,β-unsaturated/α-hetero) is 1. The van der Waals surface area contributed by atoms with Crippen LogP contribution in [0.3, 0.4) is 0 Å². The molecule has 2 saturated carbocycles. The lowest BCUT2D eigenvalue weighted by molar-refractivity contribution is -0.219. The SMILES string of the molecule is CC1(C)OC(=O)C=C(O)C2(C)C3C(O)CC4(C)C(c5ccoc5)OC(=O)C5OC54C3C(=O)CC12. The molecule has 0 radical (unpaired) electrons. The first kappa shape index (κ1) is 21.9. The monoisotopic (exact) mass is 472 g/mol. The van der Waals surface area contributed by atoms with Crippen LogP contribution in [0.25, 0.3) is 0 Å². The highest BCUT2D eigenvalue weighted by atomic mass is 16.7. The number of epoxide rings is 1. The molecule has 9 heteroatoms. The second kappa shape index (κ2) is 6.31. The zero-order valence-corrected chi connectivity index (χ0v) is 19.4. The maximum Gasteiger partial charge on any atom is 0.339 e. The first-order valence-electron chi connectivity index (χ1n) is 11.6. The molecule has 2 saturated heterocycles. The van der Waals surface area contributed by atoms with Crippen LogP contribution in [-0.2, 0) is 28.6 Å². The van der Waals surface area contributed by atoms with Crippen LogP contribution in [0, 0.1) is 28.6 Å². The van der Waals surface area contributed by atoms with Gasteiger partial charge in [-0.15, -0.1) is 0 Å². The molecule has 1 aromatic rings. The Hall–Kier alpha value is -2.65. The first-order valence-corrected chi connectivity index (χ1v) is 11.6. The Labute approximate surface area is 196 Å². The maximum atomic E-state index is 13.9. The number of ketones is 1. The Balaban J connectivity index is 1.54. The lowest BCUT2D eigenvalue weighted by Gasteiger charge is -2.61. The quantitative estimate of drug-likeness (QED) is 0.466. The minimum Gasteiger partial charge on any atom is -0.511 e. The molecule has 0 aromatic carbocycles. The van der Waals surface area contributed by atoms with Gasteiger partial charge in [-0.3, -0.25) is 4.79 Å². The Morgan fingerprint density at radius 2 is 1.82 bits per heavy atom. The largest absolute Gasteiger partial charge is 0.511 e. The third-order valence-corrected chi connectivity index (χ3v) is 9.46. The highest BCUT2D eigenvalue weighted by Crippen LogP contribution is 2.74. The highest BCUT2D eigenvalue weighted by Gasteiger charge is 2.85. The Kier molecular flexibility index (Phi) is 4.06. The molecule has 2 aliphatic carbocycles. The van der Waals surface area contributed by atoms with Crippen molar-refractivity contribution in [2.75, 3.05) is 0 Å². The second-order valence-corrected chi connectivity index (χ2v) is 11.4. The van der Waals surface area contributed by atoms with E-state index in [-0.39, 0.29) is 24.4 Å². The van der Waals surface area contributed by atoms with Gasteiger partial charge in [-0.1, -0.05) is 13.8 Å². The predicted octanol–water partition coefficient (Wildman–Crippen LogP) is 2.39. The number of furan rings is 1. The molecule has 9 unspecified atom stereocenters. The molecular weight excluding hydrogens is 444 g/mol. The van der Waals surface area contributed by atoms with E-state index in [1.807, 2.05) is 6.92 Å². The summed E-state index contributed by atoms with van der Waals surface area (Å²) in [5.74, 6) is -3.91. The Bertz CT molecular complexity index is 1140. The van der Waals surface area contributed by atoms with E-state index in [9.17, 15) is 24.6 Å². The van der Waals surface area contributed by atoms with Gasteiger partial charge < -0.3 is 28.8 Å². The van der Waals surface area contributed by atoms with E-state index >= 15 is 0 Å². The van der Waals surface area contributed by atoms with Gasteiger partial charge in [-0.05, 0) is 26.3 Å². The summed E-state index contributed by atoms with van der Waals surface area (Å²) >= 11 is 0. The number of hydrogen-bond donors (Lipinski definition) is 2. The van der Waals surface area contributed by atoms with Crippen molar-refractivity contribution in [1.29, 1.82) is 0 Å². The number of aliphatic hydroxyl groups excluding tert-OH is 2. The molecule has 34 heavy (non-hydrogen) atoms. The van der Waals surface area contributed by atoms with Gasteiger partial charge in [0, 0.05) is 34.7 Å². The van der Waals surface area contributed by atoms with Crippen LogP contribution in [0.2, 0.25) is 0 Å². The van der Waals surface area contributed by atoms with Gasteiger partial charge in [0.2, 0.25) is 0 Å². The van der Waals surface area contributed by atoms with Crippen LogP contribution in [-0.4, -0.2) is 51.3 Å². The van der Waals surface area contributed by atoms with Crippen LogP contribution in [0.1, 0.15) is 52.2 Å². The van der Waals surface area contributed by atoms with Crippen molar-refractivity contribution in [3.8, 4) is 0 Å². The molecule has 5 aliphatic rings. The fourth-order valence-corrected chi connectivity index (χ4v) is 8.00. The Morgan fingerprint density at radius 3 is 2.50 bits per heavy atom. The summed E-state index contributed by atoms with van der Waals surface area (Å²) in [6.07, 6.45) is 1.41. The number of rotatable bonds is 1. The lowest BCUT2D eigenvalue weighted by atomic mass is 9.42. The van der Waals surface area contributed by atoms with Crippen LogP contribution < -0.4 is 0 Å². The highest BCUT2D eigenvalue weighted by molar-refractivity contribution is 5.91. The second-order valence-electron chi connectivity index (χ2n) is 11.4. The molecule has 182 valence electrons. The number of cyclic esters (lactones) is 2.